The van der Waals surface area contributed by atoms with Gasteiger partial charge in [0, 0.05) is 25.7 Å². The second kappa shape index (κ2) is 5.91. The van der Waals surface area contributed by atoms with Crippen molar-refractivity contribution in [3.05, 3.63) is 29.3 Å². The second-order valence-electron chi connectivity index (χ2n) is 7.22. The lowest BCUT2D eigenvalue weighted by atomic mass is 9.87. The molecule has 1 aromatic carbocycles. The molecule has 118 valence electrons. The molecule has 1 fully saturated rings. The maximum atomic E-state index is 14.3. The first-order chi connectivity index (χ1) is 9.70. The van der Waals surface area contributed by atoms with Gasteiger partial charge in [-0.2, -0.15) is 0 Å². The van der Waals surface area contributed by atoms with Crippen LogP contribution >= 0.6 is 0 Å². The van der Waals surface area contributed by atoms with Crippen LogP contribution in [0, 0.1) is 17.0 Å². The molecule has 1 aromatic rings. The van der Waals surface area contributed by atoms with Gasteiger partial charge < -0.3 is 10.2 Å². The van der Waals surface area contributed by atoms with Crippen LogP contribution in [-0.4, -0.2) is 19.1 Å². The largest absolute Gasteiger partial charge is 0.367 e. The van der Waals surface area contributed by atoms with E-state index in [1.54, 1.807) is 11.9 Å². The maximum Gasteiger partial charge on any atom is 0.149 e. The highest BCUT2D eigenvalue weighted by molar-refractivity contribution is 5.51. The fraction of sp³-hybridized carbons (Fsp3) is 0.647. The van der Waals surface area contributed by atoms with E-state index in [0.29, 0.717) is 18.2 Å². The topological polar surface area (TPSA) is 15.3 Å². The quantitative estimate of drug-likeness (QED) is 0.880. The molecule has 2 rings (SSSR count). The highest BCUT2D eigenvalue weighted by Crippen LogP contribution is 2.31. The van der Waals surface area contributed by atoms with E-state index in [4.69, 9.17) is 0 Å². The molecule has 1 unspecified atom stereocenters. The molecule has 1 N–H and O–H groups in total. The lowest BCUT2D eigenvalue weighted by Crippen LogP contribution is -2.40. The third-order valence-electron chi connectivity index (χ3n) is 4.44. The van der Waals surface area contributed by atoms with Crippen molar-refractivity contribution in [1.82, 2.24) is 5.32 Å². The van der Waals surface area contributed by atoms with Gasteiger partial charge in [0.2, 0.25) is 0 Å². The summed E-state index contributed by atoms with van der Waals surface area (Å²) < 4.78 is 28.7. The van der Waals surface area contributed by atoms with E-state index in [-0.39, 0.29) is 17.1 Å². The third-order valence-corrected chi connectivity index (χ3v) is 4.44. The van der Waals surface area contributed by atoms with Crippen molar-refractivity contribution in [2.24, 2.45) is 5.41 Å². The van der Waals surface area contributed by atoms with Crippen molar-refractivity contribution in [2.45, 2.75) is 59.2 Å². The summed E-state index contributed by atoms with van der Waals surface area (Å²) in [4.78, 5) is 1.70. The van der Waals surface area contributed by atoms with Crippen LogP contribution in [0.3, 0.4) is 0 Å². The van der Waals surface area contributed by atoms with E-state index in [2.05, 4.69) is 26.1 Å². The van der Waals surface area contributed by atoms with Crippen molar-refractivity contribution >= 4 is 5.69 Å². The summed E-state index contributed by atoms with van der Waals surface area (Å²) in [7, 11) is 1.75. The fourth-order valence-corrected chi connectivity index (χ4v) is 2.38. The Morgan fingerprint density at radius 2 is 1.76 bits per heavy atom. The molecule has 1 aliphatic rings. The van der Waals surface area contributed by atoms with E-state index >= 15 is 0 Å². The summed E-state index contributed by atoms with van der Waals surface area (Å²) in [6, 6.07) is 3.44. The van der Waals surface area contributed by atoms with E-state index in [9.17, 15) is 8.78 Å². The summed E-state index contributed by atoms with van der Waals surface area (Å²) in [5.41, 5.74) is 0.671. The number of nitrogens with one attached hydrogen (secondary N) is 1. The lowest BCUT2D eigenvalue weighted by molar-refractivity contribution is 0.326. The van der Waals surface area contributed by atoms with Gasteiger partial charge in [-0.1, -0.05) is 20.8 Å². The van der Waals surface area contributed by atoms with Crippen LogP contribution in [0.2, 0.25) is 0 Å². The van der Waals surface area contributed by atoms with Gasteiger partial charge in [0.25, 0.3) is 0 Å². The van der Waals surface area contributed by atoms with Crippen molar-refractivity contribution in [3.8, 4) is 0 Å². The Kier molecular flexibility index (Phi) is 4.57. The predicted molar refractivity (Wildman–Crippen MR) is 83.5 cm³/mol. The molecular formula is C17H26F2N2. The molecule has 1 aliphatic carbocycles. The van der Waals surface area contributed by atoms with Crippen molar-refractivity contribution < 1.29 is 8.78 Å². The first kappa shape index (κ1) is 16.2. The average molecular weight is 296 g/mol. The second-order valence-corrected chi connectivity index (χ2v) is 7.22. The first-order valence-corrected chi connectivity index (χ1v) is 7.64. The molecule has 0 heterocycles. The molecule has 0 spiro atoms. The van der Waals surface area contributed by atoms with Crippen LogP contribution in [0.1, 0.15) is 46.1 Å². The van der Waals surface area contributed by atoms with Crippen LogP contribution < -0.4 is 10.2 Å². The van der Waals surface area contributed by atoms with Crippen LogP contribution in [0.4, 0.5) is 14.5 Å². The van der Waals surface area contributed by atoms with Gasteiger partial charge in [0.15, 0.2) is 0 Å². The number of hydrogen-bond acceptors (Lipinski definition) is 2. The molecule has 4 heteroatoms. The van der Waals surface area contributed by atoms with Gasteiger partial charge in [-0.3, -0.25) is 0 Å². The molecule has 0 amide bonds. The number of benzene rings is 1. The van der Waals surface area contributed by atoms with Gasteiger partial charge >= 0.3 is 0 Å². The molecular weight excluding hydrogens is 270 g/mol. The Morgan fingerprint density at radius 3 is 2.19 bits per heavy atom. The Morgan fingerprint density at radius 1 is 1.24 bits per heavy atom. The number of anilines is 1. The third kappa shape index (κ3) is 3.94. The first-order valence-electron chi connectivity index (χ1n) is 7.64. The normalized spacial score (nSPS) is 16.9. The van der Waals surface area contributed by atoms with Crippen molar-refractivity contribution in [1.29, 1.82) is 0 Å². The summed E-state index contributed by atoms with van der Waals surface area (Å²) in [5, 5.41) is 3.28. The minimum Gasteiger partial charge on any atom is -0.367 e. The maximum absolute atomic E-state index is 14.3. The Hall–Kier alpha value is -1.16. The van der Waals surface area contributed by atoms with E-state index in [1.165, 1.54) is 12.1 Å². The summed E-state index contributed by atoms with van der Waals surface area (Å²) in [5.74, 6) is -0.970. The highest BCUT2D eigenvalue weighted by Gasteiger charge is 2.28. The monoisotopic (exact) mass is 296 g/mol. The van der Waals surface area contributed by atoms with E-state index in [1.807, 2.05) is 6.92 Å². The predicted octanol–water partition coefficient (Wildman–Crippen LogP) is 4.09. The fourth-order valence-electron chi connectivity index (χ4n) is 2.38. The summed E-state index contributed by atoms with van der Waals surface area (Å²) in [6.07, 6.45) is 2.32. The number of rotatable bonds is 5. The van der Waals surface area contributed by atoms with Crippen LogP contribution in [-0.2, 0) is 6.54 Å². The molecule has 21 heavy (non-hydrogen) atoms. The zero-order chi connectivity index (χ0) is 15.8. The minimum absolute atomic E-state index is 0.0249. The van der Waals surface area contributed by atoms with Gasteiger partial charge in [0.05, 0.1) is 0 Å². The summed E-state index contributed by atoms with van der Waals surface area (Å²) in [6.45, 7) is 8.71. The average Bonchev–Trinajstić information content (AvgIpc) is 3.17. The lowest BCUT2D eigenvalue weighted by Gasteiger charge is -2.37. The number of hydrogen-bond donors (Lipinski definition) is 1. The molecule has 0 saturated heterocycles. The van der Waals surface area contributed by atoms with E-state index < -0.39 is 11.6 Å². The Balaban J connectivity index is 2.19. The van der Waals surface area contributed by atoms with Gasteiger partial charge in [0.1, 0.15) is 17.3 Å². The standard InChI is InChI=1S/C17H26F2N2/c1-11(17(2,3)4)21(5)16-14(18)8-12(9-15(16)19)10-20-13-6-7-13/h8-9,11,13,20H,6-7,10H2,1-5H3. The van der Waals surface area contributed by atoms with Crippen LogP contribution in [0.25, 0.3) is 0 Å². The SMILES string of the molecule is CC(N(C)c1c(F)cc(CNC2CC2)cc1F)C(C)(C)C. The number of halogens is 2. The zero-order valence-electron chi connectivity index (χ0n) is 13.6. The molecule has 0 bridgehead atoms. The number of nitrogens with zero attached hydrogens (tertiary/aromatic N) is 1. The smallest absolute Gasteiger partial charge is 0.149 e. The molecule has 1 saturated carbocycles. The van der Waals surface area contributed by atoms with Crippen molar-refractivity contribution in [2.75, 3.05) is 11.9 Å². The summed E-state index contributed by atoms with van der Waals surface area (Å²) >= 11 is 0. The highest BCUT2D eigenvalue weighted by atomic mass is 19.1. The van der Waals surface area contributed by atoms with Crippen LogP contribution in [0.5, 0.6) is 0 Å². The van der Waals surface area contributed by atoms with Crippen molar-refractivity contribution in [3.63, 3.8) is 0 Å². The zero-order valence-corrected chi connectivity index (χ0v) is 13.6. The Labute approximate surface area is 126 Å². The molecule has 0 aliphatic heterocycles. The van der Waals surface area contributed by atoms with E-state index in [0.717, 1.165) is 12.8 Å². The van der Waals surface area contributed by atoms with Crippen LogP contribution in [0.15, 0.2) is 12.1 Å². The molecule has 2 nitrogen and oxygen atoms in total. The van der Waals surface area contributed by atoms with Gasteiger partial charge in [-0.15, -0.1) is 0 Å². The molecule has 1 atom stereocenters. The molecule has 0 aromatic heterocycles. The van der Waals surface area contributed by atoms with Gasteiger partial charge in [-0.25, -0.2) is 8.78 Å². The minimum atomic E-state index is -0.485. The molecule has 0 radical (unpaired) electrons. The van der Waals surface area contributed by atoms with Gasteiger partial charge in [-0.05, 0) is 42.9 Å². The Bertz CT molecular complexity index is 481.